The fourth-order valence-corrected chi connectivity index (χ4v) is 3.74. The highest BCUT2D eigenvalue weighted by atomic mass is 35.5. The average Bonchev–Trinajstić information content (AvgIpc) is 3.35. The molecule has 150 valence electrons. The predicted octanol–water partition coefficient (Wildman–Crippen LogP) is 4.34. The zero-order chi connectivity index (χ0) is 21.4. The maximum Gasteiger partial charge on any atom is 0.297 e. The molecule has 1 atom stereocenters. The largest absolute Gasteiger partial charge is 0.488 e. The number of rotatable bonds is 4. The first-order valence-corrected chi connectivity index (χ1v) is 9.88. The molecule has 0 radical (unpaired) electrons. The van der Waals surface area contributed by atoms with Gasteiger partial charge in [-0.15, -0.1) is 0 Å². The number of hydrogen-bond acceptors (Lipinski definition) is 6. The summed E-state index contributed by atoms with van der Waals surface area (Å²) in [5.74, 6) is 0.605. The summed E-state index contributed by atoms with van der Waals surface area (Å²) >= 11 is 6.25. The lowest BCUT2D eigenvalue weighted by molar-refractivity contribution is 0.143. The van der Waals surface area contributed by atoms with Crippen molar-refractivity contribution in [3.05, 3.63) is 70.9 Å². The van der Waals surface area contributed by atoms with Gasteiger partial charge in [0.1, 0.15) is 12.4 Å². The van der Waals surface area contributed by atoms with Gasteiger partial charge in [0.2, 0.25) is 0 Å². The number of ether oxygens (including phenoxy) is 2. The van der Waals surface area contributed by atoms with Crippen molar-refractivity contribution in [2.45, 2.75) is 12.6 Å². The summed E-state index contributed by atoms with van der Waals surface area (Å²) in [6, 6.07) is 18.8. The van der Waals surface area contributed by atoms with Gasteiger partial charge in [0.25, 0.3) is 6.01 Å². The summed E-state index contributed by atoms with van der Waals surface area (Å²) in [5.41, 5.74) is 4.12. The molecule has 0 bridgehead atoms. The summed E-state index contributed by atoms with van der Waals surface area (Å²) in [6.07, 6.45) is 1.45. The van der Waals surface area contributed by atoms with Crippen LogP contribution in [0.25, 0.3) is 22.3 Å². The number of aromatic nitrogens is 3. The van der Waals surface area contributed by atoms with Crippen LogP contribution in [0.2, 0.25) is 5.02 Å². The van der Waals surface area contributed by atoms with Gasteiger partial charge in [0, 0.05) is 5.56 Å². The van der Waals surface area contributed by atoms with Crippen molar-refractivity contribution in [2.75, 3.05) is 6.61 Å². The third-order valence-electron chi connectivity index (χ3n) is 5.04. The second-order valence-electron chi connectivity index (χ2n) is 7.06. The molecule has 2 aromatic carbocycles. The van der Waals surface area contributed by atoms with Crippen LogP contribution < -0.4 is 9.47 Å². The van der Waals surface area contributed by atoms with Gasteiger partial charge >= 0.3 is 0 Å². The fraction of sp³-hybridized carbons (Fsp3) is 0.130. The molecule has 8 heteroatoms. The predicted molar refractivity (Wildman–Crippen MR) is 114 cm³/mol. The molecule has 7 nitrogen and oxygen atoms in total. The highest BCUT2D eigenvalue weighted by Crippen LogP contribution is 2.30. The summed E-state index contributed by atoms with van der Waals surface area (Å²) in [6.45, 7) is 0.951. The fourth-order valence-electron chi connectivity index (χ4n) is 3.53. The summed E-state index contributed by atoms with van der Waals surface area (Å²) in [7, 11) is 0. The maximum absolute atomic E-state index is 9.08. The zero-order valence-electron chi connectivity index (χ0n) is 16.1. The van der Waals surface area contributed by atoms with Gasteiger partial charge in [0.15, 0.2) is 6.10 Å². The molecule has 2 aromatic heterocycles. The van der Waals surface area contributed by atoms with E-state index in [1.807, 2.05) is 16.7 Å². The monoisotopic (exact) mass is 427 g/mol. The normalized spacial score (nSPS) is 14.5. The number of hydrogen-bond donors (Lipinski definition) is 0. The first-order valence-electron chi connectivity index (χ1n) is 9.50. The van der Waals surface area contributed by atoms with Gasteiger partial charge < -0.3 is 9.47 Å². The zero-order valence-corrected chi connectivity index (χ0v) is 16.9. The van der Waals surface area contributed by atoms with E-state index in [0.717, 1.165) is 11.0 Å². The standard InChI is InChI=1S/C23H14ClN5O2/c24-19-4-1-14(9-25)7-18(19)20-5-3-16(11-27-20)30-13-17-12-29-22-6-2-15(10-26)8-21(22)28-23(29)31-17/h1-8,11,17H,12-13H2/t17-/m0/s1. The van der Waals surface area contributed by atoms with Crippen molar-refractivity contribution in [1.29, 1.82) is 10.5 Å². The number of benzene rings is 2. The summed E-state index contributed by atoms with van der Waals surface area (Å²) in [4.78, 5) is 8.87. The Balaban J connectivity index is 1.25. The molecule has 0 aliphatic carbocycles. The molecule has 0 unspecified atom stereocenters. The Bertz CT molecular complexity index is 1380. The van der Waals surface area contributed by atoms with Crippen LogP contribution in [0.4, 0.5) is 0 Å². The first kappa shape index (κ1) is 18.9. The molecular formula is C23H14ClN5O2. The summed E-state index contributed by atoms with van der Waals surface area (Å²) in [5, 5.41) is 18.6. The third kappa shape index (κ3) is 3.52. The van der Waals surface area contributed by atoms with E-state index in [4.69, 9.17) is 31.6 Å². The Labute approximate surface area is 182 Å². The molecule has 5 rings (SSSR count). The minimum Gasteiger partial charge on any atom is -0.488 e. The molecule has 1 aliphatic rings. The van der Waals surface area contributed by atoms with Gasteiger partial charge in [0.05, 0.1) is 57.8 Å². The number of imidazole rings is 1. The number of nitriles is 2. The smallest absolute Gasteiger partial charge is 0.297 e. The Kier molecular flexibility index (Phi) is 4.66. The van der Waals surface area contributed by atoms with Crippen molar-refractivity contribution in [3.63, 3.8) is 0 Å². The van der Waals surface area contributed by atoms with E-state index in [0.29, 0.717) is 52.3 Å². The molecule has 4 aromatic rings. The van der Waals surface area contributed by atoms with E-state index >= 15 is 0 Å². The lowest BCUT2D eigenvalue weighted by Crippen LogP contribution is -2.23. The highest BCUT2D eigenvalue weighted by Gasteiger charge is 2.27. The van der Waals surface area contributed by atoms with Crippen LogP contribution >= 0.6 is 11.6 Å². The van der Waals surface area contributed by atoms with Crippen LogP contribution in [0.1, 0.15) is 11.1 Å². The molecule has 31 heavy (non-hydrogen) atoms. The highest BCUT2D eigenvalue weighted by molar-refractivity contribution is 6.33. The van der Waals surface area contributed by atoms with Gasteiger partial charge in [-0.1, -0.05) is 11.6 Å². The van der Waals surface area contributed by atoms with Crippen molar-refractivity contribution in [1.82, 2.24) is 14.5 Å². The molecule has 0 amide bonds. The SMILES string of the molecule is N#Cc1ccc(Cl)c(-c2ccc(OC[C@@H]3Cn4c(nc5cc(C#N)ccc54)O3)cn2)c1. The molecule has 3 heterocycles. The van der Waals surface area contributed by atoms with Crippen molar-refractivity contribution >= 4 is 22.6 Å². The number of pyridine rings is 1. The van der Waals surface area contributed by atoms with E-state index in [1.54, 1.807) is 42.6 Å². The minimum atomic E-state index is -0.177. The number of nitrogens with zero attached hydrogens (tertiary/aromatic N) is 5. The molecule has 0 fully saturated rings. The number of halogens is 1. The Morgan fingerprint density at radius 3 is 2.68 bits per heavy atom. The quantitative estimate of drug-likeness (QED) is 0.480. The van der Waals surface area contributed by atoms with E-state index in [-0.39, 0.29) is 6.10 Å². The molecule has 0 N–H and O–H groups in total. The second-order valence-corrected chi connectivity index (χ2v) is 7.46. The van der Waals surface area contributed by atoms with Gasteiger partial charge in [-0.3, -0.25) is 9.55 Å². The van der Waals surface area contributed by atoms with Gasteiger partial charge in [-0.25, -0.2) is 0 Å². The van der Waals surface area contributed by atoms with Crippen LogP contribution in [-0.4, -0.2) is 27.2 Å². The Morgan fingerprint density at radius 2 is 1.90 bits per heavy atom. The first-order chi connectivity index (χ1) is 15.1. The molecule has 0 saturated heterocycles. The van der Waals surface area contributed by atoms with Crippen LogP contribution in [-0.2, 0) is 6.54 Å². The van der Waals surface area contributed by atoms with Crippen LogP contribution in [0.3, 0.4) is 0 Å². The second kappa shape index (κ2) is 7.64. The van der Waals surface area contributed by atoms with Gasteiger partial charge in [-0.2, -0.15) is 15.5 Å². The summed E-state index contributed by atoms with van der Waals surface area (Å²) < 4.78 is 13.7. The molecule has 0 saturated carbocycles. The van der Waals surface area contributed by atoms with Crippen LogP contribution in [0.15, 0.2) is 54.7 Å². The van der Waals surface area contributed by atoms with E-state index < -0.39 is 0 Å². The molecule has 0 spiro atoms. The Morgan fingerprint density at radius 1 is 1.10 bits per heavy atom. The average molecular weight is 428 g/mol. The van der Waals surface area contributed by atoms with Crippen LogP contribution in [0, 0.1) is 22.7 Å². The van der Waals surface area contributed by atoms with Crippen molar-refractivity contribution < 1.29 is 9.47 Å². The topological polar surface area (TPSA) is 96.8 Å². The minimum absolute atomic E-state index is 0.177. The van der Waals surface area contributed by atoms with E-state index in [2.05, 4.69) is 22.1 Å². The van der Waals surface area contributed by atoms with E-state index in [1.165, 1.54) is 0 Å². The molecule has 1 aliphatic heterocycles. The maximum atomic E-state index is 9.08. The van der Waals surface area contributed by atoms with Crippen LogP contribution in [0.5, 0.6) is 11.8 Å². The van der Waals surface area contributed by atoms with E-state index in [9.17, 15) is 0 Å². The van der Waals surface area contributed by atoms with Crippen molar-refractivity contribution in [2.24, 2.45) is 0 Å². The van der Waals surface area contributed by atoms with Crippen molar-refractivity contribution in [3.8, 4) is 35.2 Å². The van der Waals surface area contributed by atoms with Gasteiger partial charge in [-0.05, 0) is 48.5 Å². The lowest BCUT2D eigenvalue weighted by Gasteiger charge is -2.12. The molecular weight excluding hydrogens is 414 g/mol. The third-order valence-corrected chi connectivity index (χ3v) is 5.37. The number of fused-ring (bicyclic) bond motifs is 3. The lowest BCUT2D eigenvalue weighted by atomic mass is 10.1. The Hall–Kier alpha value is -4.07.